The molecule has 0 atom stereocenters. The van der Waals surface area contributed by atoms with Crippen molar-refractivity contribution in [3.63, 3.8) is 0 Å². The van der Waals surface area contributed by atoms with Crippen LogP contribution in [0.25, 0.3) is 5.65 Å². The molecule has 0 saturated carbocycles. The highest BCUT2D eigenvalue weighted by Gasteiger charge is 1.92. The van der Waals surface area contributed by atoms with Gasteiger partial charge in [-0.2, -0.15) is 4.57 Å². The molecule has 4 nitrogen and oxygen atoms in total. The highest BCUT2D eigenvalue weighted by atomic mass is 16.5. The van der Waals surface area contributed by atoms with E-state index in [4.69, 9.17) is 9.93 Å². The summed E-state index contributed by atoms with van der Waals surface area (Å²) < 4.78 is 6.34. The Morgan fingerprint density at radius 3 is 3.30 bits per heavy atom. The molecule has 0 bridgehead atoms. The van der Waals surface area contributed by atoms with Crippen LogP contribution < -0.4 is 5.55 Å². The first kappa shape index (κ1) is 5.22. The van der Waals surface area contributed by atoms with Gasteiger partial charge >= 0.3 is 0 Å². The standard InChI is InChI=1S/C6H5N3O/c7-5-4-6-8-2-1-3-9(6)10-5/h1-4,7H. The summed E-state index contributed by atoms with van der Waals surface area (Å²) in [6.45, 7) is 0. The highest BCUT2D eigenvalue weighted by Crippen LogP contribution is 1.92. The zero-order valence-electron chi connectivity index (χ0n) is 5.11. The quantitative estimate of drug-likeness (QED) is 0.568. The van der Waals surface area contributed by atoms with Crippen LogP contribution in [0.3, 0.4) is 0 Å². The maximum absolute atomic E-state index is 7.10. The maximum atomic E-state index is 7.10. The van der Waals surface area contributed by atoms with Crippen molar-refractivity contribution < 1.29 is 4.52 Å². The fourth-order valence-electron chi connectivity index (χ4n) is 0.797. The van der Waals surface area contributed by atoms with E-state index in [0.717, 1.165) is 0 Å². The molecule has 0 amide bonds. The SMILES string of the molecule is N=c1cc2ncccn2o1. The molecule has 0 aliphatic rings. The van der Waals surface area contributed by atoms with Gasteiger partial charge in [-0.05, 0) is 6.07 Å². The molecule has 4 heteroatoms. The summed E-state index contributed by atoms with van der Waals surface area (Å²) in [7, 11) is 0. The van der Waals surface area contributed by atoms with E-state index >= 15 is 0 Å². The normalized spacial score (nSPS) is 10.4. The predicted octanol–water partition coefficient (Wildman–Crippen LogP) is 0.407. The van der Waals surface area contributed by atoms with Gasteiger partial charge in [-0.3, -0.25) is 5.41 Å². The Balaban J connectivity index is 3.01. The van der Waals surface area contributed by atoms with Gasteiger partial charge in [0.25, 0.3) is 0 Å². The summed E-state index contributed by atoms with van der Waals surface area (Å²) >= 11 is 0. The highest BCUT2D eigenvalue weighted by molar-refractivity contribution is 5.32. The first-order chi connectivity index (χ1) is 4.86. The van der Waals surface area contributed by atoms with Gasteiger partial charge in [-0.1, -0.05) is 0 Å². The lowest BCUT2D eigenvalue weighted by Crippen LogP contribution is -1.87. The van der Waals surface area contributed by atoms with Gasteiger partial charge in [-0.25, -0.2) is 4.98 Å². The number of nitrogens with zero attached hydrogens (tertiary/aromatic N) is 2. The predicted molar refractivity (Wildman–Crippen MR) is 33.3 cm³/mol. The molecule has 0 unspecified atom stereocenters. The lowest BCUT2D eigenvalue weighted by Gasteiger charge is -1.85. The van der Waals surface area contributed by atoms with E-state index in [1.165, 1.54) is 4.57 Å². The molecule has 0 saturated heterocycles. The Labute approximate surface area is 56.2 Å². The molecule has 10 heavy (non-hydrogen) atoms. The van der Waals surface area contributed by atoms with E-state index in [0.29, 0.717) is 5.65 Å². The van der Waals surface area contributed by atoms with Crippen molar-refractivity contribution in [1.82, 2.24) is 9.56 Å². The molecule has 0 aromatic carbocycles. The molecule has 0 aliphatic carbocycles. The summed E-state index contributed by atoms with van der Waals surface area (Å²) in [5.74, 6) is 0. The largest absolute Gasteiger partial charge is 0.354 e. The minimum atomic E-state index is 0.124. The van der Waals surface area contributed by atoms with Crippen LogP contribution in [-0.2, 0) is 0 Å². The smallest absolute Gasteiger partial charge is 0.243 e. The van der Waals surface area contributed by atoms with Crippen LogP contribution in [0.1, 0.15) is 0 Å². The third kappa shape index (κ3) is 0.621. The van der Waals surface area contributed by atoms with Gasteiger partial charge in [-0.15, -0.1) is 0 Å². The lowest BCUT2D eigenvalue weighted by atomic mass is 10.6. The van der Waals surface area contributed by atoms with Crippen molar-refractivity contribution in [1.29, 1.82) is 5.41 Å². The van der Waals surface area contributed by atoms with E-state index in [2.05, 4.69) is 4.98 Å². The van der Waals surface area contributed by atoms with Crippen LogP contribution in [0.5, 0.6) is 0 Å². The number of rotatable bonds is 0. The monoisotopic (exact) mass is 135 g/mol. The van der Waals surface area contributed by atoms with Crippen LogP contribution in [0.15, 0.2) is 29.0 Å². The molecule has 2 aromatic heterocycles. The van der Waals surface area contributed by atoms with E-state index in [1.54, 1.807) is 24.5 Å². The van der Waals surface area contributed by atoms with Crippen molar-refractivity contribution in [2.24, 2.45) is 0 Å². The van der Waals surface area contributed by atoms with Crippen molar-refractivity contribution in [2.45, 2.75) is 0 Å². The average Bonchev–Trinajstić information content (AvgIpc) is 2.27. The molecular formula is C6H5N3O. The minimum absolute atomic E-state index is 0.124. The number of hydrogen-bond acceptors (Lipinski definition) is 3. The lowest BCUT2D eigenvalue weighted by molar-refractivity contribution is 0.334. The number of nitrogens with one attached hydrogen (secondary N) is 1. The Morgan fingerprint density at radius 1 is 1.60 bits per heavy atom. The molecule has 2 rings (SSSR count). The van der Waals surface area contributed by atoms with Crippen LogP contribution in [0.4, 0.5) is 0 Å². The molecule has 2 heterocycles. The zero-order valence-corrected chi connectivity index (χ0v) is 5.11. The van der Waals surface area contributed by atoms with Crippen molar-refractivity contribution >= 4 is 5.65 Å². The van der Waals surface area contributed by atoms with E-state index < -0.39 is 0 Å². The zero-order chi connectivity index (χ0) is 6.97. The Hall–Kier alpha value is -1.58. The maximum Gasteiger partial charge on any atom is 0.243 e. The Kier molecular flexibility index (Phi) is 0.887. The molecule has 1 N–H and O–H groups in total. The van der Waals surface area contributed by atoms with Gasteiger partial charge in [0.1, 0.15) is 0 Å². The fraction of sp³-hybridized carbons (Fsp3) is 0. The number of fused-ring (bicyclic) bond motifs is 1. The van der Waals surface area contributed by atoms with Gasteiger partial charge in [0.2, 0.25) is 5.55 Å². The van der Waals surface area contributed by atoms with Crippen LogP contribution >= 0.6 is 0 Å². The second kappa shape index (κ2) is 1.70. The van der Waals surface area contributed by atoms with Gasteiger partial charge < -0.3 is 4.52 Å². The summed E-state index contributed by atoms with van der Waals surface area (Å²) in [5.41, 5.74) is 0.784. The molecule has 0 aliphatic heterocycles. The molecule has 0 fully saturated rings. The van der Waals surface area contributed by atoms with E-state index in [1.807, 2.05) is 0 Å². The Morgan fingerprint density at radius 2 is 2.50 bits per heavy atom. The van der Waals surface area contributed by atoms with Gasteiger partial charge in [0.15, 0.2) is 5.65 Å². The molecule has 50 valence electrons. The average molecular weight is 135 g/mol. The Bertz CT molecular complexity index is 364. The molecular weight excluding hydrogens is 130 g/mol. The summed E-state index contributed by atoms with van der Waals surface area (Å²) in [6, 6.07) is 3.30. The topological polar surface area (TPSA) is 54.3 Å². The van der Waals surface area contributed by atoms with Gasteiger partial charge in [0.05, 0.1) is 0 Å². The summed E-state index contributed by atoms with van der Waals surface area (Å²) in [4.78, 5) is 3.95. The second-order valence-electron chi connectivity index (χ2n) is 1.90. The molecule has 2 aromatic rings. The van der Waals surface area contributed by atoms with Crippen LogP contribution in [0, 0.1) is 5.41 Å². The van der Waals surface area contributed by atoms with Crippen molar-refractivity contribution in [3.8, 4) is 0 Å². The summed E-state index contributed by atoms with van der Waals surface area (Å²) in [6.07, 6.45) is 3.37. The minimum Gasteiger partial charge on any atom is -0.354 e. The fourth-order valence-corrected chi connectivity index (χ4v) is 0.797. The van der Waals surface area contributed by atoms with Crippen LogP contribution in [-0.4, -0.2) is 9.56 Å². The number of hydrogen-bond donors (Lipinski definition) is 1. The second-order valence-corrected chi connectivity index (χ2v) is 1.90. The van der Waals surface area contributed by atoms with E-state index in [9.17, 15) is 0 Å². The van der Waals surface area contributed by atoms with Gasteiger partial charge in [0, 0.05) is 18.5 Å². The third-order valence-electron chi connectivity index (χ3n) is 1.20. The first-order valence-corrected chi connectivity index (χ1v) is 2.84. The first-order valence-electron chi connectivity index (χ1n) is 2.84. The third-order valence-corrected chi connectivity index (χ3v) is 1.20. The molecule has 0 spiro atoms. The molecule has 0 radical (unpaired) electrons. The van der Waals surface area contributed by atoms with Crippen LogP contribution in [0.2, 0.25) is 0 Å². The summed E-state index contributed by atoms with van der Waals surface area (Å²) in [5, 5.41) is 7.10. The number of aromatic nitrogens is 2. The van der Waals surface area contributed by atoms with Crippen molar-refractivity contribution in [3.05, 3.63) is 30.1 Å². The van der Waals surface area contributed by atoms with Crippen molar-refractivity contribution in [2.75, 3.05) is 0 Å². The van der Waals surface area contributed by atoms with E-state index in [-0.39, 0.29) is 5.55 Å².